The lowest BCUT2D eigenvalue weighted by atomic mass is 10.1. The Bertz CT molecular complexity index is 268. The molecular formula is C10H11FS. The van der Waals surface area contributed by atoms with Crippen molar-refractivity contribution in [3.63, 3.8) is 0 Å². The van der Waals surface area contributed by atoms with E-state index in [0.717, 1.165) is 5.25 Å². The maximum absolute atomic E-state index is 12.5. The normalized spacial score (nSPS) is 27.2. The van der Waals surface area contributed by atoms with Crippen LogP contribution >= 0.6 is 11.8 Å². The van der Waals surface area contributed by atoms with Gasteiger partial charge in [0.15, 0.2) is 0 Å². The lowest BCUT2D eigenvalue weighted by Crippen LogP contribution is -1.83. The first-order valence-electron chi connectivity index (χ1n) is 4.09. The molecule has 0 radical (unpaired) electrons. The number of thioether (sulfide) groups is 1. The molecule has 64 valence electrons. The Hall–Kier alpha value is -0.500. The van der Waals surface area contributed by atoms with Crippen LogP contribution in [-0.2, 0) is 0 Å². The number of hydrogen-bond acceptors (Lipinski definition) is 1. The molecule has 0 aliphatic heterocycles. The van der Waals surface area contributed by atoms with E-state index in [1.165, 1.54) is 12.0 Å². The van der Waals surface area contributed by atoms with Gasteiger partial charge in [-0.05, 0) is 36.3 Å². The number of hydrogen-bond donors (Lipinski definition) is 0. The zero-order chi connectivity index (χ0) is 8.55. The summed E-state index contributed by atoms with van der Waals surface area (Å²) in [5.74, 6) is 0.542. The van der Waals surface area contributed by atoms with Gasteiger partial charge < -0.3 is 0 Å². The maximum Gasteiger partial charge on any atom is 0.123 e. The lowest BCUT2D eigenvalue weighted by Gasteiger charge is -1.97. The summed E-state index contributed by atoms with van der Waals surface area (Å²) in [6.07, 6.45) is 3.39. The molecule has 1 saturated carbocycles. The zero-order valence-electron chi connectivity index (χ0n) is 6.96. The molecule has 1 aliphatic rings. The van der Waals surface area contributed by atoms with Crippen molar-refractivity contribution in [2.45, 2.75) is 17.6 Å². The highest BCUT2D eigenvalue weighted by molar-refractivity contribution is 7.99. The van der Waals surface area contributed by atoms with Crippen molar-refractivity contribution in [3.8, 4) is 0 Å². The molecule has 2 rings (SSSR count). The Balaban J connectivity index is 2.10. The van der Waals surface area contributed by atoms with Gasteiger partial charge >= 0.3 is 0 Å². The van der Waals surface area contributed by atoms with E-state index in [-0.39, 0.29) is 5.82 Å². The van der Waals surface area contributed by atoms with Gasteiger partial charge in [-0.1, -0.05) is 12.1 Å². The van der Waals surface area contributed by atoms with Gasteiger partial charge in [0.1, 0.15) is 5.82 Å². The quantitative estimate of drug-likeness (QED) is 0.677. The van der Waals surface area contributed by atoms with E-state index in [4.69, 9.17) is 0 Å². The maximum atomic E-state index is 12.5. The largest absolute Gasteiger partial charge is 0.207 e. The SMILES string of the molecule is CSC1CC1c1ccc(F)cc1. The summed E-state index contributed by atoms with van der Waals surface area (Å²) in [6, 6.07) is 6.89. The second kappa shape index (κ2) is 3.09. The molecule has 0 aromatic heterocycles. The van der Waals surface area contributed by atoms with E-state index >= 15 is 0 Å². The Morgan fingerprint density at radius 1 is 1.33 bits per heavy atom. The molecule has 12 heavy (non-hydrogen) atoms. The molecule has 2 unspecified atom stereocenters. The van der Waals surface area contributed by atoms with Crippen LogP contribution < -0.4 is 0 Å². The first-order chi connectivity index (χ1) is 5.81. The van der Waals surface area contributed by atoms with E-state index in [9.17, 15) is 4.39 Å². The topological polar surface area (TPSA) is 0 Å². The van der Waals surface area contributed by atoms with Crippen LogP contribution in [0.4, 0.5) is 4.39 Å². The minimum Gasteiger partial charge on any atom is -0.207 e. The van der Waals surface area contributed by atoms with Crippen molar-refractivity contribution < 1.29 is 4.39 Å². The molecule has 0 N–H and O–H groups in total. The van der Waals surface area contributed by atoms with Gasteiger partial charge in [-0.3, -0.25) is 0 Å². The van der Waals surface area contributed by atoms with Gasteiger partial charge in [0.05, 0.1) is 0 Å². The molecule has 1 aromatic rings. The van der Waals surface area contributed by atoms with E-state index < -0.39 is 0 Å². The third-order valence-corrected chi connectivity index (χ3v) is 3.46. The number of halogens is 1. The average Bonchev–Trinajstić information content (AvgIpc) is 2.85. The average molecular weight is 182 g/mol. The molecule has 0 heterocycles. The number of benzene rings is 1. The molecule has 1 aliphatic carbocycles. The first kappa shape index (κ1) is 8.11. The van der Waals surface area contributed by atoms with Gasteiger partial charge in [-0.25, -0.2) is 4.39 Å². The fourth-order valence-corrected chi connectivity index (χ4v) is 2.38. The molecule has 1 aromatic carbocycles. The lowest BCUT2D eigenvalue weighted by molar-refractivity contribution is 0.627. The van der Waals surface area contributed by atoms with Crippen molar-refractivity contribution >= 4 is 11.8 Å². The summed E-state index contributed by atoms with van der Waals surface area (Å²) >= 11 is 1.90. The van der Waals surface area contributed by atoms with E-state index in [0.29, 0.717) is 5.92 Å². The van der Waals surface area contributed by atoms with E-state index in [1.807, 2.05) is 23.9 Å². The molecule has 0 saturated heterocycles. The van der Waals surface area contributed by atoms with Crippen molar-refractivity contribution in [1.29, 1.82) is 0 Å². The monoisotopic (exact) mass is 182 g/mol. The highest BCUT2D eigenvalue weighted by Gasteiger charge is 2.37. The van der Waals surface area contributed by atoms with Crippen LogP contribution in [0.15, 0.2) is 24.3 Å². The molecular weight excluding hydrogens is 171 g/mol. The molecule has 1 fully saturated rings. The highest BCUT2D eigenvalue weighted by atomic mass is 32.2. The predicted molar refractivity (Wildman–Crippen MR) is 51.1 cm³/mol. The van der Waals surface area contributed by atoms with Crippen molar-refractivity contribution in [3.05, 3.63) is 35.6 Å². The van der Waals surface area contributed by atoms with Gasteiger partial charge in [-0.2, -0.15) is 11.8 Å². The summed E-state index contributed by atoms with van der Waals surface area (Å²) in [7, 11) is 0. The van der Waals surface area contributed by atoms with Gasteiger partial charge in [-0.15, -0.1) is 0 Å². The Labute approximate surface area is 76.2 Å². The minimum atomic E-state index is -0.139. The zero-order valence-corrected chi connectivity index (χ0v) is 7.77. The summed E-state index contributed by atoms with van der Waals surface area (Å²) in [5, 5.41) is 0.774. The fraction of sp³-hybridized carbons (Fsp3) is 0.400. The van der Waals surface area contributed by atoms with E-state index in [1.54, 1.807) is 12.1 Å². The van der Waals surface area contributed by atoms with Crippen LogP contribution in [0.2, 0.25) is 0 Å². The smallest absolute Gasteiger partial charge is 0.123 e. The third-order valence-electron chi connectivity index (χ3n) is 2.33. The van der Waals surface area contributed by atoms with Gasteiger partial charge in [0.25, 0.3) is 0 Å². The fourth-order valence-electron chi connectivity index (χ4n) is 1.49. The highest BCUT2D eigenvalue weighted by Crippen LogP contribution is 2.48. The summed E-state index contributed by atoms with van der Waals surface area (Å²) in [6.45, 7) is 0. The van der Waals surface area contributed by atoms with Crippen LogP contribution in [0.25, 0.3) is 0 Å². The van der Waals surface area contributed by atoms with Crippen LogP contribution in [0, 0.1) is 5.82 Å². The van der Waals surface area contributed by atoms with Crippen LogP contribution in [0.1, 0.15) is 17.9 Å². The molecule has 0 bridgehead atoms. The summed E-state index contributed by atoms with van der Waals surface area (Å²) in [5.41, 5.74) is 1.29. The van der Waals surface area contributed by atoms with Crippen LogP contribution in [0.3, 0.4) is 0 Å². The van der Waals surface area contributed by atoms with Gasteiger partial charge in [0, 0.05) is 5.25 Å². The predicted octanol–water partition coefficient (Wildman–Crippen LogP) is 3.04. The summed E-state index contributed by atoms with van der Waals surface area (Å²) < 4.78 is 12.5. The Morgan fingerprint density at radius 3 is 2.50 bits per heavy atom. The second-order valence-corrected chi connectivity index (χ2v) is 4.24. The standard InChI is InChI=1S/C10H11FS/c1-12-10-6-9(10)7-2-4-8(11)5-3-7/h2-5,9-10H,6H2,1H3. The first-order valence-corrected chi connectivity index (χ1v) is 5.38. The van der Waals surface area contributed by atoms with E-state index in [2.05, 4.69) is 6.26 Å². The minimum absolute atomic E-state index is 0.139. The molecule has 0 spiro atoms. The Morgan fingerprint density at radius 2 is 2.00 bits per heavy atom. The van der Waals surface area contributed by atoms with Crippen molar-refractivity contribution in [2.24, 2.45) is 0 Å². The molecule has 2 atom stereocenters. The molecule has 0 nitrogen and oxygen atoms in total. The van der Waals surface area contributed by atoms with Crippen LogP contribution in [-0.4, -0.2) is 11.5 Å². The van der Waals surface area contributed by atoms with Crippen LogP contribution in [0.5, 0.6) is 0 Å². The second-order valence-electron chi connectivity index (χ2n) is 3.17. The third kappa shape index (κ3) is 1.48. The van der Waals surface area contributed by atoms with Crippen molar-refractivity contribution in [2.75, 3.05) is 6.26 Å². The molecule has 2 heteroatoms. The van der Waals surface area contributed by atoms with Crippen molar-refractivity contribution in [1.82, 2.24) is 0 Å². The Kier molecular flexibility index (Phi) is 2.09. The summed E-state index contributed by atoms with van der Waals surface area (Å²) in [4.78, 5) is 0. The van der Waals surface area contributed by atoms with Gasteiger partial charge in [0.2, 0.25) is 0 Å². The number of rotatable bonds is 2. The molecule has 0 amide bonds.